The fourth-order valence-corrected chi connectivity index (χ4v) is 4.04. The van der Waals surface area contributed by atoms with Crippen LogP contribution in [-0.4, -0.2) is 49.3 Å². The van der Waals surface area contributed by atoms with Crippen LogP contribution < -0.4 is 4.74 Å². The third-order valence-corrected chi connectivity index (χ3v) is 5.63. The molecule has 1 N–H and O–H groups in total. The number of β-amino-alcohol motifs (C(OH)–C–C–N with tert-alkyl or cyclic N) is 1. The van der Waals surface area contributed by atoms with E-state index in [1.807, 2.05) is 61.5 Å². The Morgan fingerprint density at radius 2 is 1.75 bits per heavy atom. The molecule has 0 bridgehead atoms. The average molecular weight is 383 g/mol. The van der Waals surface area contributed by atoms with Gasteiger partial charge in [0.15, 0.2) is 0 Å². The van der Waals surface area contributed by atoms with Gasteiger partial charge >= 0.3 is 5.97 Å². The molecule has 28 heavy (non-hydrogen) atoms. The van der Waals surface area contributed by atoms with Crippen molar-refractivity contribution in [3.8, 4) is 5.75 Å². The standard InChI is InChI=1S/C23H29NO4/c1-3-28-22(26)23(18-9-5-4-6-10-18)13-15-24(16-14-23)17-20(25)19-11-7-8-12-21(19)27-2/h4-12,20,25H,3,13-17H2,1-2H3. The lowest BCUT2D eigenvalue weighted by Crippen LogP contribution is -2.48. The van der Waals surface area contributed by atoms with Crippen LogP contribution in [0.5, 0.6) is 5.75 Å². The Morgan fingerprint density at radius 1 is 1.11 bits per heavy atom. The molecule has 2 aromatic rings. The molecule has 1 saturated heterocycles. The lowest BCUT2D eigenvalue weighted by Gasteiger charge is -2.40. The Labute approximate surface area is 166 Å². The van der Waals surface area contributed by atoms with Crippen molar-refractivity contribution in [1.82, 2.24) is 4.90 Å². The molecular weight excluding hydrogens is 354 g/mol. The van der Waals surface area contributed by atoms with Gasteiger partial charge in [0.1, 0.15) is 5.75 Å². The Morgan fingerprint density at radius 3 is 2.39 bits per heavy atom. The Hall–Kier alpha value is -2.37. The number of aliphatic hydroxyl groups is 1. The number of rotatable bonds is 7. The summed E-state index contributed by atoms with van der Waals surface area (Å²) in [7, 11) is 1.61. The minimum Gasteiger partial charge on any atom is -0.496 e. The van der Waals surface area contributed by atoms with Gasteiger partial charge in [0.2, 0.25) is 0 Å². The van der Waals surface area contributed by atoms with Crippen LogP contribution in [0.1, 0.15) is 37.0 Å². The lowest BCUT2D eigenvalue weighted by molar-refractivity contribution is -0.152. The van der Waals surface area contributed by atoms with E-state index in [0.29, 0.717) is 31.7 Å². The molecule has 1 aliphatic rings. The first kappa shape index (κ1) is 20.4. The second-order valence-electron chi connectivity index (χ2n) is 7.23. The fourth-order valence-electron chi connectivity index (χ4n) is 4.04. The number of methoxy groups -OCH3 is 1. The third kappa shape index (κ3) is 4.21. The molecule has 5 heteroatoms. The van der Waals surface area contributed by atoms with Crippen LogP contribution in [0.3, 0.4) is 0 Å². The highest BCUT2D eigenvalue weighted by Gasteiger charge is 2.44. The molecule has 3 rings (SSSR count). The van der Waals surface area contributed by atoms with Crippen LogP contribution in [0.2, 0.25) is 0 Å². The summed E-state index contributed by atoms with van der Waals surface area (Å²) in [6.07, 6.45) is 0.714. The fraction of sp³-hybridized carbons (Fsp3) is 0.435. The van der Waals surface area contributed by atoms with E-state index in [2.05, 4.69) is 4.90 Å². The predicted molar refractivity (Wildman–Crippen MR) is 108 cm³/mol. The number of hydrogen-bond acceptors (Lipinski definition) is 5. The number of likely N-dealkylation sites (tertiary alicyclic amines) is 1. The van der Waals surface area contributed by atoms with Crippen LogP contribution in [-0.2, 0) is 14.9 Å². The van der Waals surface area contributed by atoms with E-state index in [1.54, 1.807) is 7.11 Å². The summed E-state index contributed by atoms with van der Waals surface area (Å²) in [5, 5.41) is 10.7. The zero-order valence-corrected chi connectivity index (χ0v) is 16.6. The number of para-hydroxylation sites is 1. The van der Waals surface area contributed by atoms with Crippen LogP contribution in [0.15, 0.2) is 54.6 Å². The van der Waals surface area contributed by atoms with Gasteiger partial charge in [-0.1, -0.05) is 48.5 Å². The summed E-state index contributed by atoms with van der Waals surface area (Å²) < 4.78 is 10.8. The molecule has 2 aromatic carbocycles. The third-order valence-electron chi connectivity index (χ3n) is 5.63. The molecule has 1 atom stereocenters. The normalized spacial score (nSPS) is 17.7. The summed E-state index contributed by atoms with van der Waals surface area (Å²) >= 11 is 0. The highest BCUT2D eigenvalue weighted by molar-refractivity contribution is 5.83. The Bertz CT molecular complexity index is 769. The second-order valence-corrected chi connectivity index (χ2v) is 7.23. The van der Waals surface area contributed by atoms with Gasteiger partial charge in [-0.25, -0.2) is 0 Å². The first-order chi connectivity index (χ1) is 13.6. The number of aliphatic hydroxyl groups excluding tert-OH is 1. The minimum absolute atomic E-state index is 0.147. The van der Waals surface area contributed by atoms with Gasteiger partial charge in [-0.3, -0.25) is 4.79 Å². The van der Waals surface area contributed by atoms with E-state index in [1.165, 1.54) is 0 Å². The van der Waals surface area contributed by atoms with Gasteiger partial charge in [0.05, 0.1) is 25.2 Å². The van der Waals surface area contributed by atoms with E-state index in [-0.39, 0.29) is 5.97 Å². The number of hydrogen-bond donors (Lipinski definition) is 1. The molecule has 1 unspecified atom stereocenters. The number of esters is 1. The molecule has 1 heterocycles. The number of piperidine rings is 1. The number of nitrogens with zero attached hydrogens (tertiary/aromatic N) is 1. The van der Waals surface area contributed by atoms with Crippen molar-refractivity contribution in [3.63, 3.8) is 0 Å². The van der Waals surface area contributed by atoms with E-state index in [9.17, 15) is 9.90 Å². The molecule has 0 aliphatic carbocycles. The smallest absolute Gasteiger partial charge is 0.316 e. The molecule has 5 nitrogen and oxygen atoms in total. The molecule has 1 aliphatic heterocycles. The molecule has 0 aromatic heterocycles. The monoisotopic (exact) mass is 383 g/mol. The number of carbonyl (C=O) groups is 1. The largest absolute Gasteiger partial charge is 0.496 e. The zero-order valence-electron chi connectivity index (χ0n) is 16.6. The van der Waals surface area contributed by atoms with Crippen molar-refractivity contribution in [2.24, 2.45) is 0 Å². The van der Waals surface area contributed by atoms with Gasteiger partial charge in [-0.15, -0.1) is 0 Å². The lowest BCUT2D eigenvalue weighted by atomic mass is 9.72. The van der Waals surface area contributed by atoms with Gasteiger partial charge in [0.25, 0.3) is 0 Å². The number of ether oxygens (including phenoxy) is 2. The summed E-state index contributed by atoms with van der Waals surface area (Å²) in [4.78, 5) is 15.1. The maximum absolute atomic E-state index is 12.8. The van der Waals surface area contributed by atoms with Gasteiger partial charge < -0.3 is 19.5 Å². The molecule has 1 fully saturated rings. The summed E-state index contributed by atoms with van der Waals surface area (Å²) in [6, 6.07) is 17.5. The maximum atomic E-state index is 12.8. The minimum atomic E-state index is -0.636. The van der Waals surface area contributed by atoms with E-state index >= 15 is 0 Å². The first-order valence-electron chi connectivity index (χ1n) is 9.87. The highest BCUT2D eigenvalue weighted by Crippen LogP contribution is 2.37. The summed E-state index contributed by atoms with van der Waals surface area (Å²) in [5.41, 5.74) is 1.19. The van der Waals surface area contributed by atoms with Crippen LogP contribution in [0, 0.1) is 0 Å². The second kappa shape index (κ2) is 9.22. The van der Waals surface area contributed by atoms with E-state index < -0.39 is 11.5 Å². The van der Waals surface area contributed by atoms with Gasteiger partial charge in [-0.05, 0) is 44.5 Å². The van der Waals surface area contributed by atoms with Crippen molar-refractivity contribution < 1.29 is 19.4 Å². The first-order valence-corrected chi connectivity index (χ1v) is 9.87. The van der Waals surface area contributed by atoms with Crippen molar-refractivity contribution in [2.75, 3.05) is 33.4 Å². The Balaban J connectivity index is 1.71. The van der Waals surface area contributed by atoms with Crippen LogP contribution in [0.25, 0.3) is 0 Å². The molecule has 0 saturated carbocycles. The van der Waals surface area contributed by atoms with Crippen molar-refractivity contribution in [1.29, 1.82) is 0 Å². The quantitative estimate of drug-likeness (QED) is 0.743. The van der Waals surface area contributed by atoms with E-state index in [0.717, 1.165) is 24.2 Å². The molecular formula is C23H29NO4. The van der Waals surface area contributed by atoms with Gasteiger partial charge in [-0.2, -0.15) is 0 Å². The molecule has 0 radical (unpaired) electrons. The molecule has 150 valence electrons. The highest BCUT2D eigenvalue weighted by atomic mass is 16.5. The molecule has 0 spiro atoms. The van der Waals surface area contributed by atoms with Crippen molar-refractivity contribution in [3.05, 3.63) is 65.7 Å². The Kier molecular flexibility index (Phi) is 6.70. The molecule has 0 amide bonds. The predicted octanol–water partition coefficient (Wildman–Crippen LogP) is 3.33. The van der Waals surface area contributed by atoms with E-state index in [4.69, 9.17) is 9.47 Å². The SMILES string of the molecule is CCOC(=O)C1(c2ccccc2)CCN(CC(O)c2ccccc2OC)CC1. The summed E-state index contributed by atoms with van der Waals surface area (Å²) in [5.74, 6) is 0.545. The van der Waals surface area contributed by atoms with Crippen molar-refractivity contribution >= 4 is 5.97 Å². The number of benzene rings is 2. The maximum Gasteiger partial charge on any atom is 0.316 e. The average Bonchev–Trinajstić information content (AvgIpc) is 2.75. The number of carbonyl (C=O) groups excluding carboxylic acids is 1. The summed E-state index contributed by atoms with van der Waals surface area (Å²) in [6.45, 7) is 4.17. The topological polar surface area (TPSA) is 59.0 Å². The van der Waals surface area contributed by atoms with Crippen LogP contribution >= 0.6 is 0 Å². The van der Waals surface area contributed by atoms with Crippen LogP contribution in [0.4, 0.5) is 0 Å². The van der Waals surface area contributed by atoms with Gasteiger partial charge in [0, 0.05) is 12.1 Å². The van der Waals surface area contributed by atoms with Crippen molar-refractivity contribution in [2.45, 2.75) is 31.3 Å². The zero-order chi connectivity index (χ0) is 20.0.